The van der Waals surface area contributed by atoms with Gasteiger partial charge in [-0.25, -0.2) is 0 Å². The second kappa shape index (κ2) is 9.33. The Kier molecular flexibility index (Phi) is 9.04. The molecule has 0 spiro atoms. The lowest BCUT2D eigenvalue weighted by atomic mass is 9.84. The number of rotatable bonds is 4. The molecule has 0 unspecified atom stereocenters. The van der Waals surface area contributed by atoms with E-state index in [2.05, 4.69) is 41.5 Å². The average Bonchev–Trinajstić information content (AvgIpc) is 2.39. The Hall–Kier alpha value is -0.630. The zero-order valence-corrected chi connectivity index (χ0v) is 14.6. The van der Waals surface area contributed by atoms with E-state index < -0.39 is 8.25 Å². The molecule has 0 aliphatic rings. The fourth-order valence-corrected chi connectivity index (χ4v) is 3.18. The van der Waals surface area contributed by atoms with Gasteiger partial charge in [-0.2, -0.15) is 0 Å². The molecule has 1 aromatic carbocycles. The van der Waals surface area contributed by atoms with E-state index >= 15 is 0 Å². The Bertz CT molecular complexity index is 393. The molecule has 0 aromatic heterocycles. The van der Waals surface area contributed by atoms with Crippen molar-refractivity contribution in [3.05, 3.63) is 33.4 Å². The molecular weight excluding hydrogens is 271 g/mol. The minimum absolute atomic E-state index is 1.17. The van der Waals surface area contributed by atoms with Crippen LogP contribution in [0.5, 0.6) is 0 Å². The highest BCUT2D eigenvalue weighted by Gasteiger charge is 2.15. The summed E-state index contributed by atoms with van der Waals surface area (Å²) in [6.07, 6.45) is 4.69. The molecule has 0 radical (unpaired) electrons. The monoisotopic (exact) mass is 300 g/mol. The molecule has 0 bridgehead atoms. The van der Waals surface area contributed by atoms with E-state index in [1.807, 2.05) is 0 Å². The molecule has 0 saturated carbocycles. The average molecular weight is 300 g/mol. The van der Waals surface area contributed by atoms with Crippen molar-refractivity contribution in [2.45, 2.75) is 67.2 Å². The van der Waals surface area contributed by atoms with Crippen molar-refractivity contribution >= 4 is 8.25 Å². The molecule has 4 heteroatoms. The first-order valence-corrected chi connectivity index (χ1v) is 8.70. The van der Waals surface area contributed by atoms with Gasteiger partial charge in [0.25, 0.3) is 0 Å². The Morgan fingerprint density at radius 1 is 0.700 bits per heavy atom. The van der Waals surface area contributed by atoms with Gasteiger partial charge in [-0.15, -0.1) is 0 Å². The van der Waals surface area contributed by atoms with E-state index in [4.69, 9.17) is 14.4 Å². The minimum Gasteiger partial charge on any atom is -0.326 e. The normalized spacial score (nSPS) is 10.4. The predicted octanol–water partition coefficient (Wildman–Crippen LogP) is 3.91. The maximum Gasteiger partial charge on any atom is 0.314 e. The van der Waals surface area contributed by atoms with Crippen LogP contribution in [-0.4, -0.2) is 9.79 Å². The summed E-state index contributed by atoms with van der Waals surface area (Å²) in [5.74, 6) is 0. The van der Waals surface area contributed by atoms with E-state index in [0.29, 0.717) is 0 Å². The van der Waals surface area contributed by atoms with Gasteiger partial charge in [0.1, 0.15) is 0 Å². The van der Waals surface area contributed by atoms with Crippen molar-refractivity contribution in [3.8, 4) is 0 Å². The van der Waals surface area contributed by atoms with Crippen LogP contribution in [0.4, 0.5) is 0 Å². The Balaban J connectivity index is 0.000000796. The van der Waals surface area contributed by atoms with Gasteiger partial charge >= 0.3 is 8.25 Å². The second-order valence-corrected chi connectivity index (χ2v) is 5.43. The molecule has 0 saturated heterocycles. The van der Waals surface area contributed by atoms with Gasteiger partial charge in [-0.1, -0.05) is 27.7 Å². The smallest absolute Gasteiger partial charge is 0.314 e. The molecule has 0 heterocycles. The molecule has 1 rings (SSSR count). The maximum atomic E-state index is 8.74. The SMILES string of the molecule is CCc1c(C)c(CC)c(CC)c(C)c1CC.O=[PH](O)O. The van der Waals surface area contributed by atoms with Crippen LogP contribution in [0.25, 0.3) is 0 Å². The van der Waals surface area contributed by atoms with Crippen molar-refractivity contribution in [2.75, 3.05) is 0 Å². The topological polar surface area (TPSA) is 57.5 Å². The Morgan fingerprint density at radius 3 is 0.950 bits per heavy atom. The summed E-state index contributed by atoms with van der Waals surface area (Å²) < 4.78 is 8.74. The first kappa shape index (κ1) is 19.4. The quantitative estimate of drug-likeness (QED) is 0.829. The molecule has 0 atom stereocenters. The molecule has 0 fully saturated rings. The molecule has 0 aliphatic heterocycles. The lowest BCUT2D eigenvalue weighted by Gasteiger charge is -2.22. The predicted molar refractivity (Wildman–Crippen MR) is 86.9 cm³/mol. The summed E-state index contributed by atoms with van der Waals surface area (Å²) in [7, 11) is -3.13. The van der Waals surface area contributed by atoms with Crippen LogP contribution >= 0.6 is 8.25 Å². The summed E-state index contributed by atoms with van der Waals surface area (Å²) >= 11 is 0. The second-order valence-electron chi connectivity index (χ2n) is 4.86. The van der Waals surface area contributed by atoms with Crippen LogP contribution in [-0.2, 0) is 30.2 Å². The van der Waals surface area contributed by atoms with Gasteiger partial charge in [0.15, 0.2) is 0 Å². The first-order chi connectivity index (χ1) is 9.35. The molecular formula is C16H29O3P. The van der Waals surface area contributed by atoms with Crippen molar-refractivity contribution in [2.24, 2.45) is 0 Å². The van der Waals surface area contributed by atoms with Crippen molar-refractivity contribution < 1.29 is 14.4 Å². The number of hydrogen-bond acceptors (Lipinski definition) is 1. The third-order valence-electron chi connectivity index (χ3n) is 3.95. The zero-order chi connectivity index (χ0) is 15.9. The zero-order valence-electron chi connectivity index (χ0n) is 13.6. The molecule has 116 valence electrons. The van der Waals surface area contributed by atoms with Gasteiger partial charge in [0, 0.05) is 0 Å². The molecule has 0 amide bonds. The fourth-order valence-electron chi connectivity index (χ4n) is 3.18. The third-order valence-corrected chi connectivity index (χ3v) is 3.95. The highest BCUT2D eigenvalue weighted by Crippen LogP contribution is 2.29. The fraction of sp³-hybridized carbons (Fsp3) is 0.625. The van der Waals surface area contributed by atoms with Gasteiger partial charge < -0.3 is 9.79 Å². The van der Waals surface area contributed by atoms with Crippen LogP contribution in [0.2, 0.25) is 0 Å². The summed E-state index contributed by atoms with van der Waals surface area (Å²) in [5.41, 5.74) is 9.54. The largest absolute Gasteiger partial charge is 0.326 e. The summed E-state index contributed by atoms with van der Waals surface area (Å²) in [4.78, 5) is 14.3. The lowest BCUT2D eigenvalue weighted by Crippen LogP contribution is -2.08. The van der Waals surface area contributed by atoms with Gasteiger partial charge in [-0.05, 0) is 72.9 Å². The van der Waals surface area contributed by atoms with Crippen molar-refractivity contribution in [3.63, 3.8) is 0 Å². The molecule has 3 nitrogen and oxygen atoms in total. The lowest BCUT2D eigenvalue weighted by molar-refractivity contribution is 0.405. The van der Waals surface area contributed by atoms with E-state index in [0.717, 1.165) is 0 Å². The standard InChI is InChI=1S/C16H26.H3O3P/c1-7-13-11(5)15(9-3)16(10-4)12(6)14(13)8-2;1-4(2)3/h7-10H2,1-6H3;4H,(H2,1,2,3). The minimum atomic E-state index is -3.13. The summed E-state index contributed by atoms with van der Waals surface area (Å²) in [5, 5.41) is 0. The van der Waals surface area contributed by atoms with Gasteiger partial charge in [0.05, 0.1) is 0 Å². The van der Waals surface area contributed by atoms with E-state index in [1.165, 1.54) is 25.7 Å². The van der Waals surface area contributed by atoms with Gasteiger partial charge in [0.2, 0.25) is 0 Å². The van der Waals surface area contributed by atoms with Crippen molar-refractivity contribution in [1.82, 2.24) is 0 Å². The van der Waals surface area contributed by atoms with Gasteiger partial charge in [-0.3, -0.25) is 4.57 Å². The van der Waals surface area contributed by atoms with E-state index in [9.17, 15) is 0 Å². The molecule has 20 heavy (non-hydrogen) atoms. The summed E-state index contributed by atoms with van der Waals surface area (Å²) in [6, 6.07) is 0. The number of benzene rings is 1. The molecule has 1 aromatic rings. The Labute approximate surface area is 124 Å². The van der Waals surface area contributed by atoms with Crippen LogP contribution < -0.4 is 0 Å². The first-order valence-electron chi connectivity index (χ1n) is 7.39. The van der Waals surface area contributed by atoms with Crippen LogP contribution in [0.1, 0.15) is 61.1 Å². The highest BCUT2D eigenvalue weighted by molar-refractivity contribution is 7.30. The van der Waals surface area contributed by atoms with E-state index in [-0.39, 0.29) is 0 Å². The molecule has 0 aliphatic carbocycles. The highest BCUT2D eigenvalue weighted by atomic mass is 31.1. The van der Waals surface area contributed by atoms with Crippen LogP contribution in [0, 0.1) is 13.8 Å². The van der Waals surface area contributed by atoms with E-state index in [1.54, 1.807) is 33.4 Å². The van der Waals surface area contributed by atoms with Crippen LogP contribution in [0.3, 0.4) is 0 Å². The third kappa shape index (κ3) is 4.73. The maximum absolute atomic E-state index is 8.74. The van der Waals surface area contributed by atoms with Crippen molar-refractivity contribution in [1.29, 1.82) is 0 Å². The Morgan fingerprint density at radius 2 is 0.850 bits per heavy atom. The molecule has 2 N–H and O–H groups in total. The number of hydrogen-bond donors (Lipinski definition) is 2. The van der Waals surface area contributed by atoms with Crippen LogP contribution in [0.15, 0.2) is 0 Å². The summed E-state index contributed by atoms with van der Waals surface area (Å²) in [6.45, 7) is 13.8.